The van der Waals surface area contributed by atoms with Crippen molar-refractivity contribution in [2.45, 2.75) is 106 Å². The first-order valence-corrected chi connectivity index (χ1v) is 20.1. The van der Waals surface area contributed by atoms with Crippen molar-refractivity contribution in [3.63, 3.8) is 0 Å². The van der Waals surface area contributed by atoms with Crippen LogP contribution in [0.5, 0.6) is 5.75 Å². The lowest BCUT2D eigenvalue weighted by atomic mass is 9.97. The first-order valence-electron chi connectivity index (χ1n) is 20.1. The highest BCUT2D eigenvalue weighted by Crippen LogP contribution is 2.36. The fourth-order valence-electron chi connectivity index (χ4n) is 7.84. The average molecular weight is 880 g/mol. The van der Waals surface area contributed by atoms with Crippen molar-refractivity contribution in [2.75, 3.05) is 38.1 Å². The van der Waals surface area contributed by atoms with Crippen LogP contribution in [0.3, 0.4) is 0 Å². The number of anilines is 1. The molecule has 3 aromatic rings. The molecule has 0 radical (unpaired) electrons. The van der Waals surface area contributed by atoms with Crippen LogP contribution in [0.25, 0.3) is 0 Å². The number of halogens is 3. The van der Waals surface area contributed by atoms with Gasteiger partial charge in [-0.2, -0.15) is 13.2 Å². The van der Waals surface area contributed by atoms with E-state index in [4.69, 9.17) is 30.4 Å². The topological polar surface area (TPSA) is 277 Å². The van der Waals surface area contributed by atoms with E-state index in [1.807, 2.05) is 29.2 Å². The first kappa shape index (κ1) is 46.6. The minimum Gasteiger partial charge on any atom is -0.490 e. The zero-order valence-corrected chi connectivity index (χ0v) is 33.7. The molecule has 10 atom stereocenters. The number of amides is 2. The fraction of sp³-hybridized carbons (Fsp3) is 0.550. The minimum absolute atomic E-state index is 0.0240. The van der Waals surface area contributed by atoms with Crippen LogP contribution in [0.4, 0.5) is 18.9 Å². The van der Waals surface area contributed by atoms with Crippen molar-refractivity contribution < 1.29 is 62.1 Å². The predicted molar refractivity (Wildman–Crippen MR) is 212 cm³/mol. The van der Waals surface area contributed by atoms with E-state index in [-0.39, 0.29) is 44.5 Å². The van der Waals surface area contributed by atoms with Gasteiger partial charge in [0.2, 0.25) is 11.8 Å². The molecule has 22 heteroatoms. The Hall–Kier alpha value is -4.91. The number of hydrogen-bond donors (Lipinski definition) is 8. The number of nitrogens with one attached hydrogen (secondary N) is 2. The van der Waals surface area contributed by atoms with E-state index in [0.717, 1.165) is 40.2 Å². The predicted octanol–water partition coefficient (Wildman–Crippen LogP) is -1.10. The fourth-order valence-corrected chi connectivity index (χ4v) is 7.84. The van der Waals surface area contributed by atoms with Gasteiger partial charge >= 0.3 is 11.9 Å². The van der Waals surface area contributed by atoms with Gasteiger partial charge in [0.05, 0.1) is 5.56 Å². The lowest BCUT2D eigenvalue weighted by Crippen LogP contribution is -2.59. The number of alkyl halides is 3. The summed E-state index contributed by atoms with van der Waals surface area (Å²) < 4.78 is 62.9. The number of aliphatic hydroxyl groups is 4. The summed E-state index contributed by atoms with van der Waals surface area (Å²) in [7, 11) is 1.49. The lowest BCUT2D eigenvalue weighted by Gasteiger charge is -2.37. The molecule has 340 valence electrons. The molecule has 0 spiro atoms. The summed E-state index contributed by atoms with van der Waals surface area (Å²) >= 11 is 0. The van der Waals surface area contributed by atoms with E-state index in [0.29, 0.717) is 31.7 Å². The van der Waals surface area contributed by atoms with Gasteiger partial charge in [0.25, 0.3) is 5.56 Å². The van der Waals surface area contributed by atoms with Crippen LogP contribution in [-0.4, -0.2) is 141 Å². The van der Waals surface area contributed by atoms with Gasteiger partial charge in [0.15, 0.2) is 12.5 Å². The number of carbonyl (C=O) groups excluding carboxylic acids is 2. The third-order valence-corrected chi connectivity index (χ3v) is 11.3. The highest BCUT2D eigenvalue weighted by atomic mass is 19.4. The number of ether oxygens (including phenoxy) is 4. The quantitative estimate of drug-likeness (QED) is 0.0799. The normalized spacial score (nSPS) is 26.7. The maximum Gasteiger partial charge on any atom is 0.416 e. The molecule has 1 aromatic heterocycles. The number of nitrogens with two attached hydrogens (primary N) is 2. The van der Waals surface area contributed by atoms with Crippen LogP contribution in [0.15, 0.2) is 70.4 Å². The molecule has 62 heavy (non-hydrogen) atoms. The summed E-state index contributed by atoms with van der Waals surface area (Å²) in [5, 5.41) is 46.2. The van der Waals surface area contributed by atoms with Crippen molar-refractivity contribution in [2.24, 2.45) is 11.5 Å². The van der Waals surface area contributed by atoms with Gasteiger partial charge in [0.1, 0.15) is 60.6 Å². The number of benzene rings is 2. The second-order valence-corrected chi connectivity index (χ2v) is 15.6. The van der Waals surface area contributed by atoms with Crippen LogP contribution in [0.1, 0.15) is 43.0 Å². The molecule has 3 aliphatic heterocycles. The van der Waals surface area contributed by atoms with Crippen molar-refractivity contribution in [3.05, 3.63) is 92.8 Å². The number of piperidine rings is 1. The van der Waals surface area contributed by atoms with Crippen LogP contribution in [-0.2, 0) is 36.5 Å². The summed E-state index contributed by atoms with van der Waals surface area (Å²) in [5.41, 5.74) is 10.9. The molecule has 1 unspecified atom stereocenters. The Kier molecular flexibility index (Phi) is 15.1. The van der Waals surface area contributed by atoms with Gasteiger partial charge in [-0.05, 0) is 62.0 Å². The molecule has 6 rings (SSSR count). The number of H-pyrrole nitrogens is 1. The molecular weight excluding hydrogens is 827 g/mol. The van der Waals surface area contributed by atoms with E-state index in [1.54, 1.807) is 0 Å². The molecule has 2 aromatic carbocycles. The van der Waals surface area contributed by atoms with Crippen molar-refractivity contribution in [1.82, 2.24) is 19.8 Å². The number of primary amides is 1. The van der Waals surface area contributed by atoms with Crippen molar-refractivity contribution >= 4 is 17.5 Å². The number of nitrogens with zero attached hydrogens (tertiary/aromatic N) is 3. The average Bonchev–Trinajstić information content (AvgIpc) is 3.68. The number of aromatic amines is 1. The first-order chi connectivity index (χ1) is 29.4. The maximum atomic E-state index is 13.1. The van der Waals surface area contributed by atoms with Crippen LogP contribution in [0, 0.1) is 0 Å². The number of likely N-dealkylation sites (N-methyl/N-ethyl adjacent to an activating group) is 1. The Bertz CT molecular complexity index is 2080. The Morgan fingerprint density at radius 2 is 1.65 bits per heavy atom. The van der Waals surface area contributed by atoms with Gasteiger partial charge in [-0.15, -0.1) is 0 Å². The molecule has 3 aliphatic rings. The SMILES string of the molecule is CN(CCCC(=O)NCc1ccc(N2CCC(Oc3ccc(C(F)(F)F)cc3)CC2)cc1)[C@H](C(N)=O)[C@H](O[C@@H]1O[C@H](CN)[C@@H](O)[C@H]1O)[C@H]1O[C@@H](n2ccc(=O)[nH]c2=O)[C@H](O)C1O. The van der Waals surface area contributed by atoms with Crippen molar-refractivity contribution in [3.8, 4) is 5.75 Å². The summed E-state index contributed by atoms with van der Waals surface area (Å²) in [4.78, 5) is 55.9. The third kappa shape index (κ3) is 11.0. The molecule has 19 nitrogen and oxygen atoms in total. The van der Waals surface area contributed by atoms with Crippen molar-refractivity contribution in [1.29, 1.82) is 0 Å². The van der Waals surface area contributed by atoms with E-state index in [1.165, 1.54) is 24.1 Å². The molecule has 2 amide bonds. The van der Waals surface area contributed by atoms with Gasteiger partial charge in [-0.1, -0.05) is 12.1 Å². The monoisotopic (exact) mass is 879 g/mol. The summed E-state index contributed by atoms with van der Waals surface area (Å²) in [6, 6.07) is 11.9. The largest absolute Gasteiger partial charge is 0.490 e. The van der Waals surface area contributed by atoms with Gasteiger partial charge in [-0.25, -0.2) is 4.79 Å². The van der Waals surface area contributed by atoms with Gasteiger partial charge in [-0.3, -0.25) is 28.8 Å². The highest BCUT2D eigenvalue weighted by molar-refractivity contribution is 5.80. The Balaban J connectivity index is 1.01. The van der Waals surface area contributed by atoms with Crippen LogP contribution in [0.2, 0.25) is 0 Å². The molecular formula is C40H52F3N7O12. The zero-order valence-electron chi connectivity index (χ0n) is 33.7. The molecule has 0 aliphatic carbocycles. The van der Waals surface area contributed by atoms with E-state index in [9.17, 15) is 52.8 Å². The Labute approximate surface area is 352 Å². The summed E-state index contributed by atoms with van der Waals surface area (Å²) in [6.45, 7) is 1.46. The third-order valence-electron chi connectivity index (χ3n) is 11.3. The van der Waals surface area contributed by atoms with E-state index >= 15 is 0 Å². The van der Waals surface area contributed by atoms with E-state index < -0.39 is 90.2 Å². The lowest BCUT2D eigenvalue weighted by molar-refractivity contribution is -0.232. The highest BCUT2D eigenvalue weighted by Gasteiger charge is 2.54. The second-order valence-electron chi connectivity index (χ2n) is 15.6. The Morgan fingerprint density at radius 3 is 2.24 bits per heavy atom. The number of carbonyl (C=O) groups is 2. The number of hydrogen-bond acceptors (Lipinski definition) is 15. The Morgan fingerprint density at radius 1 is 0.968 bits per heavy atom. The zero-order chi connectivity index (χ0) is 44.9. The standard InChI is InChI=1S/C40H52F3N7O12/c1-48(15-2-3-27(51)46-20-21-4-8-23(9-5-21)49-16-12-25(13-17-49)59-24-10-6-22(7-11-24)40(41,42)43)29(36(45)57)34(62-38-33(56)30(53)26(19-44)60-38)35-31(54)32(55)37(61-35)50-18-14-28(52)47-39(50)58/h4-11,14,18,25-26,29-35,37-38,53-56H,2-3,12-13,15-17,19-20,44H2,1H3,(H2,45,57)(H,46,51)(H,47,52,58)/t26-,29+,30-,31?,32-,33-,34+,35+,37-,38+/m1/s1. The van der Waals surface area contributed by atoms with Gasteiger partial charge in [0, 0.05) is 63.4 Å². The summed E-state index contributed by atoms with van der Waals surface area (Å²) in [6.07, 6.45) is -16.1. The molecule has 4 heterocycles. The smallest absolute Gasteiger partial charge is 0.416 e. The number of aromatic nitrogens is 2. The van der Waals surface area contributed by atoms with E-state index in [2.05, 4.69) is 10.2 Å². The number of aliphatic hydroxyl groups excluding tert-OH is 4. The maximum absolute atomic E-state index is 13.1. The second kappa shape index (κ2) is 20.1. The minimum atomic E-state index is -4.41. The molecule has 3 fully saturated rings. The molecule has 3 saturated heterocycles. The molecule has 0 bridgehead atoms. The molecule has 10 N–H and O–H groups in total. The number of rotatable bonds is 17. The molecule has 0 saturated carbocycles. The van der Waals surface area contributed by atoms with Crippen LogP contribution < -0.4 is 37.7 Å². The van der Waals surface area contributed by atoms with Crippen LogP contribution >= 0.6 is 0 Å². The summed E-state index contributed by atoms with van der Waals surface area (Å²) in [5.74, 6) is -0.892. The van der Waals surface area contributed by atoms with Gasteiger partial charge < -0.3 is 61.1 Å².